The molecule has 0 unspecified atom stereocenters. The molecule has 17 heavy (non-hydrogen) atoms. The zero-order valence-corrected chi connectivity index (χ0v) is 10.9. The van der Waals surface area contributed by atoms with Crippen LogP contribution in [0.5, 0.6) is 5.88 Å². The molecule has 6 nitrogen and oxygen atoms in total. The van der Waals surface area contributed by atoms with Crippen molar-refractivity contribution < 1.29 is 5.11 Å². The Balaban J connectivity index is 2.55. The van der Waals surface area contributed by atoms with E-state index in [1.807, 2.05) is 20.8 Å². The first-order valence-electron chi connectivity index (χ1n) is 5.12. The van der Waals surface area contributed by atoms with Gasteiger partial charge in [-0.05, 0) is 0 Å². The second-order valence-electron chi connectivity index (χ2n) is 4.86. The third-order valence-electron chi connectivity index (χ3n) is 2.28. The maximum atomic E-state index is 11.8. The number of hydrogen-bond donors (Lipinski definition) is 1. The van der Waals surface area contributed by atoms with Crippen LogP contribution in [0.4, 0.5) is 0 Å². The SMILES string of the molecule is Cn1cc(O)n(-c2nnc(C(C)(C)C)s2)c1=O. The number of aromatic nitrogens is 4. The number of imidazole rings is 1. The molecule has 0 fully saturated rings. The Morgan fingerprint density at radius 1 is 1.35 bits per heavy atom. The highest BCUT2D eigenvalue weighted by Crippen LogP contribution is 2.27. The van der Waals surface area contributed by atoms with Crippen molar-refractivity contribution in [3.63, 3.8) is 0 Å². The van der Waals surface area contributed by atoms with E-state index in [1.54, 1.807) is 7.05 Å². The Bertz CT molecular complexity index is 603. The first-order chi connectivity index (χ1) is 7.80. The molecule has 0 radical (unpaired) electrons. The fourth-order valence-electron chi connectivity index (χ4n) is 1.33. The van der Waals surface area contributed by atoms with Gasteiger partial charge in [0.2, 0.25) is 11.0 Å². The molecule has 2 rings (SSSR count). The van der Waals surface area contributed by atoms with Gasteiger partial charge in [0.25, 0.3) is 0 Å². The summed E-state index contributed by atoms with van der Waals surface area (Å²) in [6, 6.07) is 0. The van der Waals surface area contributed by atoms with Crippen molar-refractivity contribution in [3.8, 4) is 11.0 Å². The van der Waals surface area contributed by atoms with Crippen LogP contribution in [0.1, 0.15) is 25.8 Å². The lowest BCUT2D eigenvalue weighted by atomic mass is 9.98. The van der Waals surface area contributed by atoms with Gasteiger partial charge in [-0.25, -0.2) is 9.36 Å². The molecule has 2 heterocycles. The van der Waals surface area contributed by atoms with E-state index in [2.05, 4.69) is 10.2 Å². The Hall–Kier alpha value is -1.63. The molecule has 0 aliphatic heterocycles. The van der Waals surface area contributed by atoms with Crippen molar-refractivity contribution in [3.05, 3.63) is 21.7 Å². The minimum atomic E-state index is -0.334. The van der Waals surface area contributed by atoms with Crippen LogP contribution in [-0.4, -0.2) is 24.4 Å². The second kappa shape index (κ2) is 3.69. The lowest BCUT2D eigenvalue weighted by Gasteiger charge is -2.12. The van der Waals surface area contributed by atoms with Crippen LogP contribution in [-0.2, 0) is 12.5 Å². The smallest absolute Gasteiger partial charge is 0.337 e. The Morgan fingerprint density at radius 3 is 2.41 bits per heavy atom. The third-order valence-corrected chi connectivity index (χ3v) is 3.61. The van der Waals surface area contributed by atoms with E-state index in [1.165, 1.54) is 22.1 Å². The maximum absolute atomic E-state index is 11.8. The number of aromatic hydroxyl groups is 1. The summed E-state index contributed by atoms with van der Waals surface area (Å²) < 4.78 is 2.44. The molecule has 0 aliphatic carbocycles. The molecule has 0 aliphatic rings. The summed E-state index contributed by atoms with van der Waals surface area (Å²) in [5.74, 6) is -0.130. The molecule has 0 saturated heterocycles. The van der Waals surface area contributed by atoms with E-state index in [4.69, 9.17) is 0 Å². The molecule has 1 N–H and O–H groups in total. The Kier molecular flexibility index (Phi) is 2.57. The molecule has 0 bridgehead atoms. The van der Waals surface area contributed by atoms with E-state index in [-0.39, 0.29) is 17.0 Å². The summed E-state index contributed by atoms with van der Waals surface area (Å²) in [5, 5.41) is 18.9. The van der Waals surface area contributed by atoms with Gasteiger partial charge in [0.1, 0.15) is 5.01 Å². The number of hydrogen-bond acceptors (Lipinski definition) is 5. The quantitative estimate of drug-likeness (QED) is 0.825. The van der Waals surface area contributed by atoms with Crippen molar-refractivity contribution in [2.24, 2.45) is 7.05 Å². The number of aryl methyl sites for hydroxylation is 1. The summed E-state index contributed by atoms with van der Waals surface area (Å²) in [6.45, 7) is 6.06. The van der Waals surface area contributed by atoms with Crippen molar-refractivity contribution in [2.75, 3.05) is 0 Å². The van der Waals surface area contributed by atoms with Crippen molar-refractivity contribution >= 4 is 11.3 Å². The fourth-order valence-corrected chi connectivity index (χ4v) is 2.24. The van der Waals surface area contributed by atoms with Crippen LogP contribution in [0.2, 0.25) is 0 Å². The van der Waals surface area contributed by atoms with E-state index < -0.39 is 0 Å². The van der Waals surface area contributed by atoms with Crippen LogP contribution < -0.4 is 5.69 Å². The predicted octanol–water partition coefficient (Wildman–Crippen LogP) is 1.03. The molecule has 2 aromatic rings. The first-order valence-corrected chi connectivity index (χ1v) is 5.94. The van der Waals surface area contributed by atoms with Gasteiger partial charge in [0.05, 0.1) is 6.20 Å². The maximum Gasteiger partial charge on any atom is 0.337 e. The van der Waals surface area contributed by atoms with Crippen molar-refractivity contribution in [2.45, 2.75) is 26.2 Å². The van der Waals surface area contributed by atoms with Crippen LogP contribution in [0.3, 0.4) is 0 Å². The van der Waals surface area contributed by atoms with Gasteiger partial charge in [0.15, 0.2) is 0 Å². The summed E-state index contributed by atoms with van der Waals surface area (Å²) >= 11 is 1.30. The summed E-state index contributed by atoms with van der Waals surface area (Å²) in [6.07, 6.45) is 1.35. The topological polar surface area (TPSA) is 72.9 Å². The fraction of sp³-hybridized carbons (Fsp3) is 0.500. The highest BCUT2D eigenvalue weighted by molar-refractivity contribution is 7.13. The first kappa shape index (κ1) is 11.8. The van der Waals surface area contributed by atoms with E-state index in [0.717, 1.165) is 9.57 Å². The van der Waals surface area contributed by atoms with E-state index in [9.17, 15) is 9.90 Å². The molecule has 0 atom stereocenters. The van der Waals surface area contributed by atoms with Crippen LogP contribution in [0.15, 0.2) is 11.0 Å². The van der Waals surface area contributed by atoms with Crippen molar-refractivity contribution in [1.82, 2.24) is 19.3 Å². The molecule has 0 saturated carbocycles. The van der Waals surface area contributed by atoms with Crippen LogP contribution in [0, 0.1) is 0 Å². The minimum Gasteiger partial charge on any atom is -0.493 e. The van der Waals surface area contributed by atoms with Gasteiger partial charge < -0.3 is 5.11 Å². The van der Waals surface area contributed by atoms with Crippen LogP contribution in [0.25, 0.3) is 5.13 Å². The highest BCUT2D eigenvalue weighted by atomic mass is 32.1. The standard InChI is InChI=1S/C10H14N4O2S/c1-10(2,3)7-11-12-8(17-7)14-6(15)5-13(4)9(14)16/h5,15H,1-4H3. The average molecular weight is 254 g/mol. The van der Waals surface area contributed by atoms with Crippen LogP contribution >= 0.6 is 11.3 Å². The second-order valence-corrected chi connectivity index (χ2v) is 5.81. The zero-order chi connectivity index (χ0) is 12.8. The normalized spacial score (nSPS) is 12.0. The molecule has 92 valence electrons. The largest absolute Gasteiger partial charge is 0.493 e. The van der Waals surface area contributed by atoms with Gasteiger partial charge >= 0.3 is 5.69 Å². The summed E-state index contributed by atoms with van der Waals surface area (Å²) in [7, 11) is 1.57. The predicted molar refractivity (Wildman–Crippen MR) is 64.8 cm³/mol. The third kappa shape index (κ3) is 1.97. The van der Waals surface area contributed by atoms with E-state index >= 15 is 0 Å². The number of rotatable bonds is 1. The zero-order valence-electron chi connectivity index (χ0n) is 10.1. The average Bonchev–Trinajstić information content (AvgIpc) is 2.73. The molecular weight excluding hydrogens is 240 g/mol. The molecule has 0 spiro atoms. The monoisotopic (exact) mass is 254 g/mol. The molecule has 0 aromatic carbocycles. The Labute approximate surface area is 102 Å². The van der Waals surface area contributed by atoms with Gasteiger partial charge in [-0.3, -0.25) is 4.57 Å². The summed E-state index contributed by atoms with van der Waals surface area (Å²) in [5.41, 5.74) is -0.455. The lowest BCUT2D eigenvalue weighted by Crippen LogP contribution is -2.20. The highest BCUT2D eigenvalue weighted by Gasteiger charge is 2.22. The molecule has 7 heteroatoms. The van der Waals surface area contributed by atoms with Gasteiger partial charge in [-0.15, -0.1) is 10.2 Å². The Morgan fingerprint density at radius 2 is 2.00 bits per heavy atom. The number of nitrogens with zero attached hydrogens (tertiary/aromatic N) is 4. The van der Waals surface area contributed by atoms with Gasteiger partial charge in [-0.2, -0.15) is 0 Å². The van der Waals surface area contributed by atoms with Gasteiger partial charge in [0, 0.05) is 12.5 Å². The van der Waals surface area contributed by atoms with Crippen molar-refractivity contribution in [1.29, 1.82) is 0 Å². The molecular formula is C10H14N4O2S. The van der Waals surface area contributed by atoms with Gasteiger partial charge in [-0.1, -0.05) is 32.1 Å². The molecule has 2 aromatic heterocycles. The lowest BCUT2D eigenvalue weighted by molar-refractivity contribution is 0.440. The van der Waals surface area contributed by atoms with E-state index in [0.29, 0.717) is 5.13 Å². The summed E-state index contributed by atoms with van der Waals surface area (Å²) in [4.78, 5) is 11.8. The minimum absolute atomic E-state index is 0.121. The molecule has 0 amide bonds.